The minimum Gasteiger partial charge on any atom is -0.331 e. The first-order valence-electron chi connectivity index (χ1n) is 6.38. The molecule has 0 aliphatic heterocycles. The predicted molar refractivity (Wildman–Crippen MR) is 75.5 cm³/mol. The van der Waals surface area contributed by atoms with E-state index in [9.17, 15) is 0 Å². The molecule has 0 saturated heterocycles. The lowest BCUT2D eigenvalue weighted by atomic mass is 10.00. The summed E-state index contributed by atoms with van der Waals surface area (Å²) in [5.41, 5.74) is 9.36. The maximum Gasteiger partial charge on any atom is 0.106 e. The molecule has 2 aromatic rings. The first kappa shape index (κ1) is 13.1. The van der Waals surface area contributed by atoms with Crippen LogP contribution in [0.25, 0.3) is 11.0 Å². The van der Waals surface area contributed by atoms with E-state index in [0.29, 0.717) is 0 Å². The Kier molecular flexibility index (Phi) is 3.68. The average Bonchev–Trinajstić information content (AvgIpc) is 2.61. The van der Waals surface area contributed by atoms with Crippen LogP contribution in [0.4, 0.5) is 0 Å². The van der Waals surface area contributed by atoms with E-state index < -0.39 is 0 Å². The second-order valence-electron chi connectivity index (χ2n) is 5.02. The van der Waals surface area contributed by atoms with Gasteiger partial charge in [-0.2, -0.15) is 0 Å². The van der Waals surface area contributed by atoms with Crippen molar-refractivity contribution in [1.82, 2.24) is 14.9 Å². The molecular formula is C14H22N4. The van der Waals surface area contributed by atoms with Gasteiger partial charge in [-0.25, -0.2) is 4.98 Å². The molecule has 0 spiro atoms. The summed E-state index contributed by atoms with van der Waals surface area (Å²) in [5, 5.41) is 3.32. The molecule has 0 bridgehead atoms. The van der Waals surface area contributed by atoms with E-state index in [-0.39, 0.29) is 12.1 Å². The molecule has 0 saturated carbocycles. The number of benzene rings is 1. The molecule has 98 valence electrons. The topological polar surface area (TPSA) is 55.9 Å². The van der Waals surface area contributed by atoms with E-state index in [1.165, 1.54) is 11.1 Å². The molecule has 2 atom stereocenters. The van der Waals surface area contributed by atoms with Crippen LogP contribution in [0.3, 0.4) is 0 Å². The van der Waals surface area contributed by atoms with Crippen molar-refractivity contribution < 1.29 is 0 Å². The number of aryl methyl sites for hydroxylation is 2. The monoisotopic (exact) mass is 246 g/mol. The van der Waals surface area contributed by atoms with Gasteiger partial charge in [-0.15, -0.1) is 0 Å². The van der Waals surface area contributed by atoms with Crippen molar-refractivity contribution in [2.75, 3.05) is 7.05 Å². The predicted octanol–water partition coefficient (Wildman–Crippen LogP) is 1.88. The molecule has 0 aliphatic carbocycles. The molecule has 3 N–H and O–H groups in total. The van der Waals surface area contributed by atoms with Crippen LogP contribution in [0, 0.1) is 6.92 Å². The lowest BCUT2D eigenvalue weighted by Crippen LogP contribution is -2.25. The molecule has 0 amide bonds. The first-order valence-corrected chi connectivity index (χ1v) is 6.38. The standard InChI is InChI=1S/C14H22N4/c1-9(15)7-12(16-3)11-5-6-14-13(8-11)17-10(2)18(14)4/h5-6,8-9,12,16H,7,15H2,1-4H3. The number of nitrogens with two attached hydrogens (primary N) is 1. The molecule has 1 aromatic heterocycles. The van der Waals surface area contributed by atoms with Crippen molar-refractivity contribution in [3.63, 3.8) is 0 Å². The molecule has 1 aromatic carbocycles. The third kappa shape index (κ3) is 2.40. The maximum absolute atomic E-state index is 5.89. The van der Waals surface area contributed by atoms with Gasteiger partial charge in [0.1, 0.15) is 5.82 Å². The molecule has 4 heteroatoms. The summed E-state index contributed by atoms with van der Waals surface area (Å²) in [7, 11) is 4.02. The minimum absolute atomic E-state index is 0.184. The van der Waals surface area contributed by atoms with Crippen molar-refractivity contribution in [1.29, 1.82) is 0 Å². The smallest absolute Gasteiger partial charge is 0.106 e. The SMILES string of the molecule is CNC(CC(C)N)c1ccc2c(c1)nc(C)n2C. The largest absolute Gasteiger partial charge is 0.331 e. The molecule has 4 nitrogen and oxygen atoms in total. The highest BCUT2D eigenvalue weighted by atomic mass is 15.0. The van der Waals surface area contributed by atoms with E-state index in [1.807, 2.05) is 27.9 Å². The van der Waals surface area contributed by atoms with Crippen LogP contribution < -0.4 is 11.1 Å². The second kappa shape index (κ2) is 5.08. The van der Waals surface area contributed by atoms with E-state index in [1.54, 1.807) is 0 Å². The Hall–Kier alpha value is -1.39. The number of hydrogen-bond acceptors (Lipinski definition) is 3. The highest BCUT2D eigenvalue weighted by Crippen LogP contribution is 2.23. The summed E-state index contributed by atoms with van der Waals surface area (Å²) in [6, 6.07) is 6.93. The third-order valence-corrected chi connectivity index (χ3v) is 3.49. The lowest BCUT2D eigenvalue weighted by Gasteiger charge is -2.18. The van der Waals surface area contributed by atoms with E-state index in [0.717, 1.165) is 17.8 Å². The van der Waals surface area contributed by atoms with Crippen molar-refractivity contribution in [3.8, 4) is 0 Å². The number of rotatable bonds is 4. The quantitative estimate of drug-likeness (QED) is 0.866. The van der Waals surface area contributed by atoms with Crippen molar-refractivity contribution in [2.24, 2.45) is 12.8 Å². The van der Waals surface area contributed by atoms with Crippen molar-refractivity contribution in [2.45, 2.75) is 32.4 Å². The summed E-state index contributed by atoms with van der Waals surface area (Å²) < 4.78 is 2.11. The van der Waals surface area contributed by atoms with E-state index >= 15 is 0 Å². The normalized spacial score (nSPS) is 14.9. The van der Waals surface area contributed by atoms with Crippen LogP contribution in [-0.2, 0) is 7.05 Å². The molecule has 2 rings (SSSR count). The fraction of sp³-hybridized carbons (Fsp3) is 0.500. The van der Waals surface area contributed by atoms with Gasteiger partial charge in [0.05, 0.1) is 11.0 Å². The van der Waals surface area contributed by atoms with Gasteiger partial charge in [0.2, 0.25) is 0 Å². The Morgan fingerprint density at radius 3 is 2.78 bits per heavy atom. The second-order valence-corrected chi connectivity index (χ2v) is 5.02. The van der Waals surface area contributed by atoms with Crippen molar-refractivity contribution >= 4 is 11.0 Å². The zero-order valence-electron chi connectivity index (χ0n) is 11.6. The van der Waals surface area contributed by atoms with Gasteiger partial charge in [0, 0.05) is 19.1 Å². The van der Waals surface area contributed by atoms with Gasteiger partial charge < -0.3 is 15.6 Å². The van der Waals surface area contributed by atoms with Gasteiger partial charge in [-0.3, -0.25) is 0 Å². The van der Waals surface area contributed by atoms with Crippen LogP contribution in [0.5, 0.6) is 0 Å². The molecule has 0 fully saturated rings. The highest BCUT2D eigenvalue weighted by molar-refractivity contribution is 5.76. The number of nitrogens with zero attached hydrogens (tertiary/aromatic N) is 2. The average molecular weight is 246 g/mol. The van der Waals surface area contributed by atoms with Gasteiger partial charge in [-0.1, -0.05) is 6.07 Å². The Balaban J connectivity index is 2.39. The number of imidazole rings is 1. The molecule has 2 unspecified atom stereocenters. The lowest BCUT2D eigenvalue weighted by molar-refractivity contribution is 0.499. The number of nitrogens with one attached hydrogen (secondary N) is 1. The van der Waals surface area contributed by atoms with Crippen LogP contribution >= 0.6 is 0 Å². The molecule has 18 heavy (non-hydrogen) atoms. The number of aromatic nitrogens is 2. The molecule has 1 heterocycles. The minimum atomic E-state index is 0.184. The Morgan fingerprint density at radius 1 is 1.44 bits per heavy atom. The van der Waals surface area contributed by atoms with Crippen LogP contribution in [-0.4, -0.2) is 22.6 Å². The van der Waals surface area contributed by atoms with Crippen molar-refractivity contribution in [3.05, 3.63) is 29.6 Å². The Labute approximate surface area is 108 Å². The molecule has 0 aliphatic rings. The van der Waals surface area contributed by atoms with Gasteiger partial charge in [-0.05, 0) is 45.0 Å². The highest BCUT2D eigenvalue weighted by Gasteiger charge is 2.13. The molecular weight excluding hydrogens is 224 g/mol. The van der Waals surface area contributed by atoms with Crippen LogP contribution in [0.1, 0.15) is 30.8 Å². The maximum atomic E-state index is 5.89. The first-order chi connectivity index (χ1) is 8.52. The zero-order valence-corrected chi connectivity index (χ0v) is 11.6. The summed E-state index contributed by atoms with van der Waals surface area (Å²) in [5.74, 6) is 1.04. The number of hydrogen-bond donors (Lipinski definition) is 2. The summed E-state index contributed by atoms with van der Waals surface area (Å²) in [6.45, 7) is 4.06. The summed E-state index contributed by atoms with van der Waals surface area (Å²) >= 11 is 0. The summed E-state index contributed by atoms with van der Waals surface area (Å²) in [4.78, 5) is 4.57. The fourth-order valence-corrected chi connectivity index (χ4v) is 2.35. The Morgan fingerprint density at radius 2 is 2.17 bits per heavy atom. The zero-order chi connectivity index (χ0) is 13.3. The molecule has 0 radical (unpaired) electrons. The van der Waals surface area contributed by atoms with Crippen LogP contribution in [0.15, 0.2) is 18.2 Å². The summed E-state index contributed by atoms with van der Waals surface area (Å²) in [6.07, 6.45) is 0.924. The number of fused-ring (bicyclic) bond motifs is 1. The Bertz CT molecular complexity index is 542. The fourth-order valence-electron chi connectivity index (χ4n) is 2.35. The van der Waals surface area contributed by atoms with Crippen LogP contribution in [0.2, 0.25) is 0 Å². The van der Waals surface area contributed by atoms with Gasteiger partial charge in [0.25, 0.3) is 0 Å². The van der Waals surface area contributed by atoms with E-state index in [2.05, 4.69) is 33.1 Å². The van der Waals surface area contributed by atoms with Gasteiger partial charge in [0.15, 0.2) is 0 Å². The van der Waals surface area contributed by atoms with Gasteiger partial charge >= 0.3 is 0 Å². The third-order valence-electron chi connectivity index (χ3n) is 3.49. The van der Waals surface area contributed by atoms with E-state index in [4.69, 9.17) is 5.73 Å².